The lowest BCUT2D eigenvalue weighted by Crippen LogP contribution is -2.30. The van der Waals surface area contributed by atoms with E-state index in [9.17, 15) is 5.11 Å². The summed E-state index contributed by atoms with van der Waals surface area (Å²) in [6.07, 6.45) is 9.30. The van der Waals surface area contributed by atoms with E-state index in [1.165, 1.54) is 0 Å². The van der Waals surface area contributed by atoms with Gasteiger partial charge in [-0.05, 0) is 57.8 Å². The van der Waals surface area contributed by atoms with E-state index in [-0.39, 0.29) is 6.61 Å². The molecule has 41 heavy (non-hydrogen) atoms. The molecular formula is C25H52N7O6P3. The molecule has 13 nitrogen and oxygen atoms in total. The zero-order valence-electron chi connectivity index (χ0n) is 24.7. The van der Waals surface area contributed by atoms with Crippen LogP contribution in [0.3, 0.4) is 0 Å². The van der Waals surface area contributed by atoms with E-state index in [0.29, 0.717) is 65.8 Å². The lowest BCUT2D eigenvalue weighted by atomic mass is 10.3. The topological polar surface area (TPSA) is 125 Å². The van der Waals surface area contributed by atoms with Gasteiger partial charge in [0.1, 0.15) is 0 Å². The Bertz CT molecular complexity index is 951. The summed E-state index contributed by atoms with van der Waals surface area (Å²) in [5.74, 6) is 0. The molecule has 0 aromatic heterocycles. The number of aliphatic hydroxyl groups is 1. The predicted octanol–water partition coefficient (Wildman–Crippen LogP) is 4.97. The zero-order valence-corrected chi connectivity index (χ0v) is 27.4. The average molecular weight is 640 g/mol. The summed E-state index contributed by atoms with van der Waals surface area (Å²) in [7, 11) is -8.23. The fourth-order valence-corrected chi connectivity index (χ4v) is 19.3. The van der Waals surface area contributed by atoms with Crippen LogP contribution in [0.15, 0.2) is 13.5 Å². The molecule has 2 N–H and O–H groups in total. The summed E-state index contributed by atoms with van der Waals surface area (Å²) in [5.41, 5.74) is 0. The van der Waals surface area contributed by atoms with Crippen LogP contribution in [0.5, 0.6) is 0 Å². The summed E-state index contributed by atoms with van der Waals surface area (Å²) < 4.78 is 55.7. The number of nitrogens with zero attached hydrogens (tertiary/aromatic N) is 6. The molecule has 5 aliphatic rings. The number of nitrogens with one attached hydrogen (secondary N) is 1. The quantitative estimate of drug-likeness (QED) is 0.291. The van der Waals surface area contributed by atoms with Gasteiger partial charge in [-0.2, -0.15) is 13.5 Å². The van der Waals surface area contributed by atoms with Gasteiger partial charge in [0.15, 0.2) is 0 Å². The Morgan fingerprint density at radius 1 is 0.561 bits per heavy atom. The van der Waals surface area contributed by atoms with Gasteiger partial charge in [0.05, 0.1) is 46.2 Å². The summed E-state index contributed by atoms with van der Waals surface area (Å²) in [4.78, 5) is 0. The molecule has 3 fully saturated rings. The summed E-state index contributed by atoms with van der Waals surface area (Å²) in [6, 6.07) is 0. The average Bonchev–Trinajstić information content (AvgIpc) is 3.78. The fraction of sp³-hybridized carbons (Fsp3) is 1.00. The highest BCUT2D eigenvalue weighted by molar-refractivity contribution is 7.81. The molecule has 3 saturated heterocycles. The number of rotatable bonds is 7. The lowest BCUT2D eigenvalue weighted by Gasteiger charge is -2.44. The van der Waals surface area contributed by atoms with Crippen LogP contribution in [0.25, 0.3) is 0 Å². The van der Waals surface area contributed by atoms with Crippen molar-refractivity contribution in [3.05, 3.63) is 0 Å². The van der Waals surface area contributed by atoms with Crippen LogP contribution in [-0.2, 0) is 23.3 Å². The Morgan fingerprint density at radius 2 is 1.10 bits per heavy atom. The van der Waals surface area contributed by atoms with Crippen molar-refractivity contribution >= 4 is 22.7 Å². The second-order valence-electron chi connectivity index (χ2n) is 11.0. The third-order valence-electron chi connectivity index (χ3n) is 7.93. The van der Waals surface area contributed by atoms with Crippen molar-refractivity contribution in [3.8, 4) is 0 Å². The molecular weight excluding hydrogens is 587 g/mol. The highest BCUT2D eigenvalue weighted by Gasteiger charge is 2.48. The van der Waals surface area contributed by atoms with Gasteiger partial charge in [0.25, 0.3) is 15.2 Å². The Balaban J connectivity index is 1.60. The van der Waals surface area contributed by atoms with Crippen molar-refractivity contribution in [2.24, 2.45) is 13.5 Å². The van der Waals surface area contributed by atoms with Crippen molar-refractivity contribution in [3.63, 3.8) is 0 Å². The van der Waals surface area contributed by atoms with E-state index >= 15 is 0 Å². The highest BCUT2D eigenvalue weighted by atomic mass is 31.3. The van der Waals surface area contributed by atoms with Gasteiger partial charge < -0.3 is 28.4 Å². The molecule has 238 valence electrons. The molecule has 0 spiro atoms. The van der Waals surface area contributed by atoms with E-state index in [4.69, 9.17) is 36.8 Å². The van der Waals surface area contributed by atoms with E-state index in [0.717, 1.165) is 90.6 Å². The van der Waals surface area contributed by atoms with E-state index < -0.39 is 22.7 Å². The van der Waals surface area contributed by atoms with Gasteiger partial charge in [-0.3, -0.25) is 0 Å². The summed E-state index contributed by atoms with van der Waals surface area (Å²) >= 11 is 0. The van der Waals surface area contributed by atoms with Gasteiger partial charge in [0, 0.05) is 59.0 Å². The van der Waals surface area contributed by atoms with Crippen LogP contribution in [0.4, 0.5) is 0 Å². The molecule has 0 aliphatic carbocycles. The predicted molar refractivity (Wildman–Crippen MR) is 164 cm³/mol. The number of ether oxygens (including phenoxy) is 3. The van der Waals surface area contributed by atoms with Crippen molar-refractivity contribution in [1.82, 2.24) is 19.1 Å². The van der Waals surface area contributed by atoms with Gasteiger partial charge in [-0.1, -0.05) is 0 Å². The second-order valence-corrected chi connectivity index (χ2v) is 18.9. The first kappa shape index (κ1) is 32.7. The standard InChI is InChI=1S/C25H52N7O6P3/c33-17-9-10-26-39-27-40(30-11-1-2-12-30,31-13-3-4-14-31)29-41(28-39,32-15-5-6-16-32)38-19-8-7-18-34-20-21-35-22-23-36-24-25-37-39/h26,33H,1-25H2. The third-order valence-corrected chi connectivity index (χ3v) is 18.8. The number of hydrogen-bond donors (Lipinski definition) is 2. The highest BCUT2D eigenvalue weighted by Crippen LogP contribution is 2.81. The minimum atomic E-state index is -2.92. The van der Waals surface area contributed by atoms with Gasteiger partial charge in [-0.25, -0.2) is 19.1 Å². The van der Waals surface area contributed by atoms with Crippen molar-refractivity contribution in [1.29, 1.82) is 0 Å². The first-order valence-corrected chi connectivity index (χ1v) is 20.5. The Hall–Kier alpha value is 0.290. The molecule has 5 rings (SSSR count). The first-order valence-electron chi connectivity index (χ1n) is 15.8. The molecule has 2 atom stereocenters. The van der Waals surface area contributed by atoms with E-state index in [1.807, 2.05) is 0 Å². The molecule has 2 unspecified atom stereocenters. The normalized spacial score (nSPS) is 33.9. The van der Waals surface area contributed by atoms with Crippen LogP contribution in [-0.4, -0.2) is 124 Å². The van der Waals surface area contributed by atoms with Crippen molar-refractivity contribution in [2.45, 2.75) is 57.8 Å². The maximum absolute atomic E-state index is 9.67. The van der Waals surface area contributed by atoms with Crippen LogP contribution >= 0.6 is 22.7 Å². The smallest absolute Gasteiger partial charge is 0.282 e. The minimum absolute atomic E-state index is 0.101. The van der Waals surface area contributed by atoms with Crippen LogP contribution in [0.1, 0.15) is 57.8 Å². The molecule has 0 amide bonds. The van der Waals surface area contributed by atoms with Crippen LogP contribution in [0.2, 0.25) is 0 Å². The summed E-state index contributed by atoms with van der Waals surface area (Å²) in [6.45, 7) is 10.8. The largest absolute Gasteiger partial charge is 0.396 e. The van der Waals surface area contributed by atoms with E-state index in [1.54, 1.807) is 0 Å². The molecule has 0 aromatic rings. The fourth-order valence-electron chi connectivity index (χ4n) is 5.80. The Morgan fingerprint density at radius 3 is 1.71 bits per heavy atom. The van der Waals surface area contributed by atoms with Crippen LogP contribution < -0.4 is 5.09 Å². The summed E-state index contributed by atoms with van der Waals surface area (Å²) in [5, 5.41) is 13.3. The van der Waals surface area contributed by atoms with Gasteiger partial charge in [-0.15, -0.1) is 0 Å². The second kappa shape index (κ2) is 16.6. The van der Waals surface area contributed by atoms with E-state index in [2.05, 4.69) is 19.1 Å². The third kappa shape index (κ3) is 8.51. The molecule has 0 radical (unpaired) electrons. The van der Waals surface area contributed by atoms with Gasteiger partial charge >= 0.3 is 0 Å². The lowest BCUT2D eigenvalue weighted by molar-refractivity contribution is 0.00882. The minimum Gasteiger partial charge on any atom is -0.396 e. The maximum atomic E-state index is 9.67. The molecule has 0 saturated carbocycles. The number of fused-ring (bicyclic) bond motifs is 1. The molecule has 5 aliphatic heterocycles. The Kier molecular flexibility index (Phi) is 13.2. The van der Waals surface area contributed by atoms with Crippen molar-refractivity contribution < 1.29 is 28.4 Å². The van der Waals surface area contributed by atoms with Crippen LogP contribution in [0, 0.1) is 0 Å². The zero-order chi connectivity index (χ0) is 28.3. The Labute approximate surface area is 246 Å². The van der Waals surface area contributed by atoms with Gasteiger partial charge in [0.2, 0.25) is 7.51 Å². The molecule has 0 aromatic carbocycles. The number of hydrogen-bond acceptors (Lipinski definition) is 13. The maximum Gasteiger partial charge on any atom is 0.282 e. The SMILES string of the molecule is OCCCNP12=NP(N3CCCC3)(N3CCCC3)=NP(N3CCCC3)(=N1)OCCCCOCCOCCOCCO2. The van der Waals surface area contributed by atoms with Crippen molar-refractivity contribution in [2.75, 3.05) is 105 Å². The first-order chi connectivity index (χ1) is 20.2. The monoisotopic (exact) mass is 639 g/mol. The molecule has 16 heteroatoms. The number of aliphatic hydroxyl groups excluding tert-OH is 1. The molecule has 5 heterocycles. The molecule has 2 bridgehead atoms.